The molecule has 2 aromatic carbocycles. The summed E-state index contributed by atoms with van der Waals surface area (Å²) in [4.78, 5) is 26.6. The number of ether oxygens (including phenoxy) is 1. The van der Waals surface area contributed by atoms with Crippen LogP contribution in [-0.2, 0) is 4.79 Å². The summed E-state index contributed by atoms with van der Waals surface area (Å²) in [5, 5.41) is 0. The molecule has 26 heavy (non-hydrogen) atoms. The Morgan fingerprint density at radius 3 is 2.62 bits per heavy atom. The number of fused-ring (bicyclic) bond motifs is 1. The molecule has 5 nitrogen and oxygen atoms in total. The van der Waals surface area contributed by atoms with Gasteiger partial charge in [0.2, 0.25) is 5.91 Å². The van der Waals surface area contributed by atoms with Gasteiger partial charge in [-0.25, -0.2) is 0 Å². The zero-order chi connectivity index (χ0) is 18.3. The van der Waals surface area contributed by atoms with Gasteiger partial charge in [0.05, 0.1) is 15.9 Å². The van der Waals surface area contributed by atoms with Crippen molar-refractivity contribution in [2.45, 2.75) is 19.1 Å². The van der Waals surface area contributed by atoms with E-state index in [0.29, 0.717) is 18.5 Å². The average Bonchev–Trinajstić information content (AvgIpc) is 3.14. The molecule has 1 saturated heterocycles. The van der Waals surface area contributed by atoms with Crippen LogP contribution in [0.5, 0.6) is 5.75 Å². The molecule has 1 aliphatic rings. The third-order valence-electron chi connectivity index (χ3n) is 4.38. The predicted octanol–water partition coefficient (Wildman–Crippen LogP) is 3.64. The Balaban J connectivity index is 1.71. The first-order chi connectivity index (χ1) is 12.6. The second-order valence-corrected chi connectivity index (χ2v) is 6.84. The highest BCUT2D eigenvalue weighted by molar-refractivity contribution is 7.16. The van der Waals surface area contributed by atoms with Crippen LogP contribution in [0.2, 0.25) is 0 Å². The number of benzene rings is 2. The molecule has 134 valence electrons. The summed E-state index contributed by atoms with van der Waals surface area (Å²) in [6.45, 7) is -2.66. The number of anilines is 1. The third-order valence-corrected chi connectivity index (χ3v) is 5.32. The first kappa shape index (κ1) is 16.7. The topological polar surface area (TPSA) is 51.5 Å². The molecule has 1 unspecified atom stereocenters. The fourth-order valence-corrected chi connectivity index (χ4v) is 4.23. The first-order valence-corrected chi connectivity index (χ1v) is 8.83. The summed E-state index contributed by atoms with van der Waals surface area (Å²) in [5.74, 6) is -0.361. The van der Waals surface area contributed by atoms with Crippen LogP contribution < -0.4 is 14.5 Å². The fraction of sp³-hybridized carbons (Fsp3) is 0.222. The lowest BCUT2D eigenvalue weighted by Crippen LogP contribution is -2.31. The molecule has 1 aromatic heterocycles. The van der Waals surface area contributed by atoms with E-state index in [2.05, 4.69) is 4.74 Å². The van der Waals surface area contributed by atoms with Crippen molar-refractivity contribution < 1.29 is 18.3 Å². The van der Waals surface area contributed by atoms with Gasteiger partial charge in [-0.1, -0.05) is 35.6 Å². The molecule has 0 spiro atoms. The number of aromatic nitrogens is 1. The van der Waals surface area contributed by atoms with Crippen LogP contribution in [0.1, 0.15) is 12.5 Å². The van der Waals surface area contributed by atoms with Crippen LogP contribution in [0, 0.1) is 0 Å². The van der Waals surface area contributed by atoms with Crippen LogP contribution in [-0.4, -0.2) is 23.6 Å². The Kier molecular flexibility index (Phi) is 4.20. The molecule has 1 atom stereocenters. The molecule has 0 radical (unpaired) electrons. The second kappa shape index (κ2) is 6.53. The van der Waals surface area contributed by atoms with Gasteiger partial charge >= 0.3 is 11.5 Å². The van der Waals surface area contributed by atoms with E-state index in [1.807, 2.05) is 18.2 Å². The van der Waals surface area contributed by atoms with Crippen molar-refractivity contribution in [2.24, 2.45) is 0 Å². The lowest BCUT2D eigenvalue weighted by atomic mass is 10.2. The Morgan fingerprint density at radius 1 is 1.08 bits per heavy atom. The number of hydrogen-bond acceptors (Lipinski definition) is 4. The lowest BCUT2D eigenvalue weighted by molar-refractivity contribution is -0.119. The Bertz CT molecular complexity index is 1030. The van der Waals surface area contributed by atoms with E-state index in [-0.39, 0.29) is 22.2 Å². The second-order valence-electron chi connectivity index (χ2n) is 5.85. The van der Waals surface area contributed by atoms with Gasteiger partial charge in [-0.15, -0.1) is 0 Å². The van der Waals surface area contributed by atoms with E-state index in [1.54, 1.807) is 24.3 Å². The number of carbonyl (C=O) groups is 1. The van der Waals surface area contributed by atoms with Crippen molar-refractivity contribution in [3.8, 4) is 5.75 Å². The van der Waals surface area contributed by atoms with Gasteiger partial charge in [-0.2, -0.15) is 8.78 Å². The van der Waals surface area contributed by atoms with Crippen molar-refractivity contribution >= 4 is 33.1 Å². The van der Waals surface area contributed by atoms with Crippen molar-refractivity contribution in [3.63, 3.8) is 0 Å². The maximum absolute atomic E-state index is 13.0. The van der Waals surface area contributed by atoms with E-state index < -0.39 is 12.7 Å². The molecule has 1 fully saturated rings. The van der Waals surface area contributed by atoms with Crippen LogP contribution in [0.3, 0.4) is 0 Å². The molecule has 0 N–H and O–H groups in total. The highest BCUT2D eigenvalue weighted by Crippen LogP contribution is 2.36. The molecule has 1 aliphatic heterocycles. The zero-order valence-corrected chi connectivity index (χ0v) is 14.3. The van der Waals surface area contributed by atoms with Crippen LogP contribution in [0.4, 0.5) is 14.5 Å². The minimum atomic E-state index is -2.98. The molecule has 2 heterocycles. The summed E-state index contributed by atoms with van der Waals surface area (Å²) < 4.78 is 32.1. The van der Waals surface area contributed by atoms with E-state index in [9.17, 15) is 18.4 Å². The monoisotopic (exact) mass is 376 g/mol. The number of nitrogens with zero attached hydrogens (tertiary/aromatic N) is 2. The van der Waals surface area contributed by atoms with E-state index in [0.717, 1.165) is 16.0 Å². The van der Waals surface area contributed by atoms with Crippen LogP contribution >= 0.6 is 11.3 Å². The summed E-state index contributed by atoms with van der Waals surface area (Å²) in [7, 11) is 0. The molecule has 0 bridgehead atoms. The van der Waals surface area contributed by atoms with Gasteiger partial charge in [-0.3, -0.25) is 14.2 Å². The number of para-hydroxylation sites is 3. The number of hydrogen-bond donors (Lipinski definition) is 0. The normalized spacial score (nSPS) is 17.4. The maximum Gasteiger partial charge on any atom is 0.387 e. The van der Waals surface area contributed by atoms with Gasteiger partial charge < -0.3 is 9.64 Å². The third kappa shape index (κ3) is 2.76. The number of thiazole rings is 1. The first-order valence-electron chi connectivity index (χ1n) is 8.01. The largest absolute Gasteiger partial charge is 0.433 e. The highest BCUT2D eigenvalue weighted by Gasteiger charge is 2.37. The molecule has 0 saturated carbocycles. The smallest absolute Gasteiger partial charge is 0.387 e. The minimum absolute atomic E-state index is 0.0565. The Hall–Kier alpha value is -2.74. The number of carbonyl (C=O) groups excluding carboxylic acids is 1. The standard InChI is InChI=1S/C18H14F2N2O3S/c19-17(20)25-14-7-3-1-5-11(14)21-10-9-13(16(21)23)22-12-6-2-4-8-15(12)26-18(22)24/h1-8,13,17H,9-10H2. The number of amides is 1. The molecule has 4 rings (SSSR count). The van der Waals surface area contributed by atoms with Crippen molar-refractivity contribution in [2.75, 3.05) is 11.4 Å². The van der Waals surface area contributed by atoms with Crippen molar-refractivity contribution in [1.82, 2.24) is 4.57 Å². The van der Waals surface area contributed by atoms with Crippen LogP contribution in [0.25, 0.3) is 10.2 Å². The minimum Gasteiger partial charge on any atom is -0.433 e. The fourth-order valence-electron chi connectivity index (χ4n) is 3.30. The molecule has 3 aromatic rings. The summed E-state index contributed by atoms with van der Waals surface area (Å²) >= 11 is 1.09. The molecule has 8 heteroatoms. The van der Waals surface area contributed by atoms with Gasteiger partial charge in [0.15, 0.2) is 0 Å². The van der Waals surface area contributed by atoms with E-state index >= 15 is 0 Å². The number of halogens is 2. The summed E-state index contributed by atoms with van der Waals surface area (Å²) in [6, 6.07) is 12.8. The molecule has 0 aliphatic carbocycles. The quantitative estimate of drug-likeness (QED) is 0.699. The van der Waals surface area contributed by atoms with Gasteiger partial charge in [0.1, 0.15) is 11.8 Å². The molecular weight excluding hydrogens is 362 g/mol. The highest BCUT2D eigenvalue weighted by atomic mass is 32.1. The van der Waals surface area contributed by atoms with Gasteiger partial charge in [-0.05, 0) is 30.7 Å². The molecule has 1 amide bonds. The Morgan fingerprint density at radius 2 is 1.81 bits per heavy atom. The maximum atomic E-state index is 13.0. The van der Waals surface area contributed by atoms with Crippen molar-refractivity contribution in [1.29, 1.82) is 0 Å². The van der Waals surface area contributed by atoms with Crippen molar-refractivity contribution in [3.05, 3.63) is 58.2 Å². The van der Waals surface area contributed by atoms with Crippen LogP contribution in [0.15, 0.2) is 53.3 Å². The molecular formula is C18H14F2N2O3S. The van der Waals surface area contributed by atoms with Gasteiger partial charge in [0.25, 0.3) is 0 Å². The zero-order valence-electron chi connectivity index (χ0n) is 13.5. The van der Waals surface area contributed by atoms with Gasteiger partial charge in [0, 0.05) is 6.54 Å². The average molecular weight is 376 g/mol. The number of alkyl halides is 2. The number of rotatable bonds is 4. The van der Waals surface area contributed by atoms with E-state index in [1.165, 1.54) is 15.5 Å². The lowest BCUT2D eigenvalue weighted by Gasteiger charge is -2.20. The summed E-state index contributed by atoms with van der Waals surface area (Å²) in [5.41, 5.74) is 0.993. The van der Waals surface area contributed by atoms with E-state index in [4.69, 9.17) is 0 Å². The Labute approximate surface area is 151 Å². The summed E-state index contributed by atoms with van der Waals surface area (Å²) in [6.07, 6.45) is 0.419. The SMILES string of the molecule is O=C1C(n2c(=O)sc3ccccc32)CCN1c1ccccc1OC(F)F. The predicted molar refractivity (Wildman–Crippen MR) is 95.2 cm³/mol.